The van der Waals surface area contributed by atoms with Crippen molar-refractivity contribution in [1.82, 2.24) is 15.1 Å². The third kappa shape index (κ3) is 2.61. The minimum Gasteiger partial charge on any atom is -0.467 e. The Morgan fingerprint density at radius 2 is 2.35 bits per heavy atom. The van der Waals surface area contributed by atoms with Crippen molar-refractivity contribution in [3.63, 3.8) is 0 Å². The van der Waals surface area contributed by atoms with E-state index in [1.165, 1.54) is 0 Å². The van der Waals surface area contributed by atoms with Crippen LogP contribution in [0.25, 0.3) is 0 Å². The standard InChI is InChI=1S/C15H19N3O2/c1-10-8-11(2)18(17-10)13(14-4-3-7-20-14)9-16-15(19)12-5-6-12/h3-4,7-8,12-13H,5-6,9H2,1-2H3,(H,16,19)/t13-/m1/s1. The molecular formula is C15H19N3O2. The molecule has 0 aliphatic heterocycles. The van der Waals surface area contributed by atoms with Crippen LogP contribution in [0.1, 0.15) is 36.0 Å². The topological polar surface area (TPSA) is 60.1 Å². The highest BCUT2D eigenvalue weighted by Gasteiger charge is 2.30. The normalized spacial score (nSPS) is 16.1. The first-order valence-electron chi connectivity index (χ1n) is 6.99. The Morgan fingerprint density at radius 3 is 2.90 bits per heavy atom. The van der Waals surface area contributed by atoms with E-state index in [4.69, 9.17) is 4.42 Å². The van der Waals surface area contributed by atoms with E-state index in [0.29, 0.717) is 6.54 Å². The van der Waals surface area contributed by atoms with Crippen LogP contribution in [0.3, 0.4) is 0 Å². The third-order valence-corrected chi connectivity index (χ3v) is 3.63. The molecule has 1 atom stereocenters. The van der Waals surface area contributed by atoms with E-state index in [2.05, 4.69) is 10.4 Å². The van der Waals surface area contributed by atoms with Crippen molar-refractivity contribution in [2.45, 2.75) is 32.7 Å². The number of carbonyl (C=O) groups is 1. The molecule has 106 valence electrons. The first-order valence-corrected chi connectivity index (χ1v) is 6.99. The second kappa shape index (κ2) is 5.15. The average molecular weight is 273 g/mol. The molecular weight excluding hydrogens is 254 g/mol. The van der Waals surface area contributed by atoms with Crippen molar-refractivity contribution in [3.8, 4) is 0 Å². The number of aromatic nitrogens is 2. The van der Waals surface area contributed by atoms with Gasteiger partial charge in [-0.2, -0.15) is 5.10 Å². The van der Waals surface area contributed by atoms with Crippen LogP contribution in [0, 0.1) is 19.8 Å². The maximum Gasteiger partial charge on any atom is 0.223 e. The molecule has 2 aromatic heterocycles. The molecule has 20 heavy (non-hydrogen) atoms. The Labute approximate surface area is 118 Å². The fraction of sp³-hybridized carbons (Fsp3) is 0.467. The molecule has 1 saturated carbocycles. The van der Waals surface area contributed by atoms with Gasteiger partial charge in [0.25, 0.3) is 0 Å². The van der Waals surface area contributed by atoms with Crippen molar-refractivity contribution in [1.29, 1.82) is 0 Å². The molecule has 0 unspecified atom stereocenters. The number of aryl methyl sites for hydroxylation is 2. The number of nitrogens with one attached hydrogen (secondary N) is 1. The van der Waals surface area contributed by atoms with Crippen LogP contribution in [0.2, 0.25) is 0 Å². The number of furan rings is 1. The lowest BCUT2D eigenvalue weighted by Crippen LogP contribution is -2.32. The van der Waals surface area contributed by atoms with Gasteiger partial charge in [-0.05, 0) is 44.9 Å². The van der Waals surface area contributed by atoms with Crippen molar-refractivity contribution in [3.05, 3.63) is 41.6 Å². The van der Waals surface area contributed by atoms with E-state index in [1.807, 2.05) is 36.7 Å². The zero-order chi connectivity index (χ0) is 14.1. The van der Waals surface area contributed by atoms with Crippen LogP contribution < -0.4 is 5.32 Å². The molecule has 1 aliphatic rings. The molecule has 1 fully saturated rings. The summed E-state index contributed by atoms with van der Waals surface area (Å²) in [4.78, 5) is 11.8. The number of hydrogen-bond donors (Lipinski definition) is 1. The van der Waals surface area contributed by atoms with Gasteiger partial charge in [-0.3, -0.25) is 9.48 Å². The molecule has 2 aromatic rings. The Morgan fingerprint density at radius 1 is 1.55 bits per heavy atom. The van der Waals surface area contributed by atoms with Crippen LogP contribution in [0.4, 0.5) is 0 Å². The maximum atomic E-state index is 11.8. The second-order valence-electron chi connectivity index (χ2n) is 5.42. The minimum atomic E-state index is -0.0959. The van der Waals surface area contributed by atoms with Gasteiger partial charge >= 0.3 is 0 Å². The fourth-order valence-electron chi connectivity index (χ4n) is 2.44. The molecule has 3 rings (SSSR count). The van der Waals surface area contributed by atoms with E-state index >= 15 is 0 Å². The minimum absolute atomic E-state index is 0.0959. The lowest BCUT2D eigenvalue weighted by molar-refractivity contribution is -0.122. The fourth-order valence-corrected chi connectivity index (χ4v) is 2.44. The molecule has 1 aliphatic carbocycles. The zero-order valence-electron chi connectivity index (χ0n) is 11.8. The Balaban J connectivity index is 1.80. The molecule has 1 N–H and O–H groups in total. The summed E-state index contributed by atoms with van der Waals surface area (Å²) < 4.78 is 7.43. The van der Waals surface area contributed by atoms with Crippen LogP contribution in [0.5, 0.6) is 0 Å². The van der Waals surface area contributed by atoms with Crippen molar-refractivity contribution in [2.24, 2.45) is 5.92 Å². The monoisotopic (exact) mass is 273 g/mol. The van der Waals surface area contributed by atoms with Gasteiger partial charge in [-0.25, -0.2) is 0 Å². The van der Waals surface area contributed by atoms with Gasteiger partial charge in [-0.1, -0.05) is 0 Å². The van der Waals surface area contributed by atoms with E-state index in [-0.39, 0.29) is 17.9 Å². The lowest BCUT2D eigenvalue weighted by atomic mass is 10.2. The highest BCUT2D eigenvalue weighted by atomic mass is 16.3. The largest absolute Gasteiger partial charge is 0.467 e. The van der Waals surface area contributed by atoms with Crippen LogP contribution in [-0.2, 0) is 4.79 Å². The zero-order valence-corrected chi connectivity index (χ0v) is 11.8. The first-order chi connectivity index (χ1) is 9.65. The van der Waals surface area contributed by atoms with Gasteiger partial charge in [0.05, 0.1) is 12.0 Å². The highest BCUT2D eigenvalue weighted by molar-refractivity contribution is 5.80. The summed E-state index contributed by atoms with van der Waals surface area (Å²) >= 11 is 0. The summed E-state index contributed by atoms with van der Waals surface area (Å²) in [6, 6.07) is 5.71. The van der Waals surface area contributed by atoms with Crippen LogP contribution >= 0.6 is 0 Å². The summed E-state index contributed by atoms with van der Waals surface area (Å²) in [5.41, 5.74) is 2.03. The Hall–Kier alpha value is -2.04. The third-order valence-electron chi connectivity index (χ3n) is 3.63. The molecule has 0 radical (unpaired) electrons. The number of amides is 1. The maximum absolute atomic E-state index is 11.8. The first kappa shape index (κ1) is 13.0. The summed E-state index contributed by atoms with van der Waals surface area (Å²) in [5.74, 6) is 1.17. The highest BCUT2D eigenvalue weighted by Crippen LogP contribution is 2.29. The molecule has 5 heteroatoms. The van der Waals surface area contributed by atoms with Gasteiger partial charge in [0.1, 0.15) is 11.8 Å². The number of carbonyl (C=O) groups excluding carboxylic acids is 1. The quantitative estimate of drug-likeness (QED) is 0.908. The molecule has 0 spiro atoms. The summed E-state index contributed by atoms with van der Waals surface area (Å²) in [6.07, 6.45) is 3.67. The lowest BCUT2D eigenvalue weighted by Gasteiger charge is -2.18. The van der Waals surface area contributed by atoms with Gasteiger partial charge < -0.3 is 9.73 Å². The van der Waals surface area contributed by atoms with Gasteiger partial charge in [0.15, 0.2) is 0 Å². The van der Waals surface area contributed by atoms with Gasteiger partial charge in [-0.15, -0.1) is 0 Å². The average Bonchev–Trinajstić information content (AvgIpc) is 3.03. The second-order valence-corrected chi connectivity index (χ2v) is 5.42. The van der Waals surface area contributed by atoms with E-state index in [1.54, 1.807) is 6.26 Å². The van der Waals surface area contributed by atoms with E-state index < -0.39 is 0 Å². The van der Waals surface area contributed by atoms with Gasteiger partial charge in [0.2, 0.25) is 5.91 Å². The molecule has 0 aromatic carbocycles. The predicted octanol–water partition coefficient (Wildman–Crippen LogP) is 2.21. The number of nitrogens with zero attached hydrogens (tertiary/aromatic N) is 2. The SMILES string of the molecule is Cc1cc(C)n([C@H](CNC(=O)C2CC2)c2ccco2)n1. The molecule has 2 heterocycles. The molecule has 1 amide bonds. The van der Waals surface area contributed by atoms with Crippen molar-refractivity contribution < 1.29 is 9.21 Å². The molecule has 0 bridgehead atoms. The smallest absolute Gasteiger partial charge is 0.223 e. The predicted molar refractivity (Wildman–Crippen MR) is 74.3 cm³/mol. The van der Waals surface area contributed by atoms with E-state index in [0.717, 1.165) is 30.0 Å². The Kier molecular flexibility index (Phi) is 3.34. The van der Waals surface area contributed by atoms with Crippen molar-refractivity contribution in [2.75, 3.05) is 6.54 Å². The molecule has 5 nitrogen and oxygen atoms in total. The number of rotatable bonds is 5. The summed E-state index contributed by atoms with van der Waals surface area (Å²) in [7, 11) is 0. The van der Waals surface area contributed by atoms with Crippen molar-refractivity contribution >= 4 is 5.91 Å². The summed E-state index contributed by atoms with van der Waals surface area (Å²) in [6.45, 7) is 4.48. The molecule has 0 saturated heterocycles. The van der Waals surface area contributed by atoms with Gasteiger partial charge in [0, 0.05) is 18.2 Å². The van der Waals surface area contributed by atoms with E-state index in [9.17, 15) is 4.79 Å². The number of hydrogen-bond acceptors (Lipinski definition) is 3. The Bertz CT molecular complexity index is 597. The van der Waals surface area contributed by atoms with Crippen LogP contribution in [0.15, 0.2) is 28.9 Å². The summed E-state index contributed by atoms with van der Waals surface area (Å²) in [5, 5.41) is 7.52. The van der Waals surface area contributed by atoms with Crippen LogP contribution in [-0.4, -0.2) is 22.2 Å².